The third-order valence-corrected chi connectivity index (χ3v) is 3.14. The number of hydrogen-bond acceptors (Lipinski definition) is 1. The molecule has 15 heavy (non-hydrogen) atoms. The van der Waals surface area contributed by atoms with Gasteiger partial charge in [-0.1, -0.05) is 0 Å². The molecule has 0 saturated heterocycles. The zero-order valence-corrected chi connectivity index (χ0v) is 9.11. The van der Waals surface area contributed by atoms with Gasteiger partial charge in [-0.15, -0.1) is 0 Å². The predicted octanol–water partition coefficient (Wildman–Crippen LogP) is 2.56. The topological polar surface area (TPSA) is 9.23 Å². The summed E-state index contributed by atoms with van der Waals surface area (Å²) in [6.45, 7) is 0. The van der Waals surface area contributed by atoms with Crippen LogP contribution in [0, 0.1) is 0 Å². The Bertz CT molecular complexity index is 520. The number of rotatable bonds is 0. The van der Waals surface area contributed by atoms with Gasteiger partial charge in [0.1, 0.15) is 0 Å². The van der Waals surface area contributed by atoms with Crippen molar-refractivity contribution >= 4 is 4.46 Å². The van der Waals surface area contributed by atoms with E-state index in [9.17, 15) is 0 Å². The van der Waals surface area contributed by atoms with Crippen LogP contribution in [0.3, 0.4) is 0 Å². The van der Waals surface area contributed by atoms with Crippen molar-refractivity contribution in [1.29, 1.82) is 0 Å². The second-order valence-corrected chi connectivity index (χ2v) is 4.18. The first-order valence-electron chi connectivity index (χ1n) is 4.86. The van der Waals surface area contributed by atoms with Crippen molar-refractivity contribution in [2.75, 3.05) is 0 Å². The van der Waals surface area contributed by atoms with Gasteiger partial charge in [0.05, 0.1) is 0 Å². The summed E-state index contributed by atoms with van der Waals surface area (Å²) in [6.07, 6.45) is 0.922. The normalized spacial score (nSPS) is 12.6. The Labute approximate surface area is 96.9 Å². The van der Waals surface area contributed by atoms with Crippen LogP contribution >= 0.6 is 0 Å². The van der Waals surface area contributed by atoms with Crippen molar-refractivity contribution in [3.63, 3.8) is 0 Å². The Morgan fingerprint density at radius 1 is 0.933 bits per heavy atom. The van der Waals surface area contributed by atoms with E-state index in [-0.39, 0.29) is 0 Å². The molecule has 0 fully saturated rings. The van der Waals surface area contributed by atoms with E-state index in [0.29, 0.717) is 0 Å². The second-order valence-electron chi connectivity index (χ2n) is 3.59. The van der Waals surface area contributed by atoms with Gasteiger partial charge < -0.3 is 0 Å². The molecule has 75 valence electrons. The van der Waals surface area contributed by atoms with Crippen LogP contribution in [0.5, 0.6) is 11.5 Å². The molecule has 0 unspecified atom stereocenters. The van der Waals surface area contributed by atoms with Crippen LogP contribution in [0.4, 0.5) is 0 Å². The molecule has 0 N–H and O–H groups in total. The monoisotopic (exact) mass is 237 g/mol. The maximum absolute atomic E-state index is 5.82. The van der Waals surface area contributed by atoms with Crippen molar-refractivity contribution in [3.05, 3.63) is 53.6 Å². The SMILES string of the molecule is [Fe][c]1cccc2c1Cc1ccccc1O2. The molecule has 0 radical (unpaired) electrons. The summed E-state index contributed by atoms with van der Waals surface area (Å²) in [4.78, 5) is 0. The van der Waals surface area contributed by atoms with Gasteiger partial charge in [0.2, 0.25) is 0 Å². The van der Waals surface area contributed by atoms with E-state index in [4.69, 9.17) is 4.74 Å². The summed E-state index contributed by atoms with van der Waals surface area (Å²) in [5.41, 5.74) is 2.44. The van der Waals surface area contributed by atoms with E-state index in [1.165, 1.54) is 11.1 Å². The van der Waals surface area contributed by atoms with Crippen LogP contribution in [0.2, 0.25) is 0 Å². The molecule has 1 aliphatic rings. The molecule has 0 saturated carbocycles. The summed E-state index contributed by atoms with van der Waals surface area (Å²) in [5.74, 6) is 1.91. The average Bonchev–Trinajstić information content (AvgIpc) is 2.27. The molecule has 2 heteroatoms. The van der Waals surface area contributed by atoms with Crippen LogP contribution in [0.1, 0.15) is 11.1 Å². The van der Waals surface area contributed by atoms with Crippen molar-refractivity contribution in [1.82, 2.24) is 0 Å². The first-order chi connectivity index (χ1) is 7.34. The van der Waals surface area contributed by atoms with Crippen LogP contribution in [-0.2, 0) is 22.4 Å². The minimum absolute atomic E-state index is 0.922. The van der Waals surface area contributed by atoms with Crippen LogP contribution in [-0.4, -0.2) is 0 Å². The Balaban J connectivity index is 2.15. The number of hydrogen-bond donors (Lipinski definition) is 0. The molecule has 0 amide bonds. The van der Waals surface area contributed by atoms with Crippen LogP contribution < -0.4 is 9.20 Å². The molecule has 0 bridgehead atoms. The molecule has 0 aromatic heterocycles. The first kappa shape index (κ1) is 9.02. The summed E-state index contributed by atoms with van der Waals surface area (Å²) < 4.78 is 6.88. The van der Waals surface area contributed by atoms with E-state index < -0.39 is 0 Å². The number of para-hydroxylation sites is 1. The van der Waals surface area contributed by atoms with E-state index >= 15 is 0 Å². The average molecular weight is 237 g/mol. The molecule has 0 atom stereocenters. The van der Waals surface area contributed by atoms with Gasteiger partial charge in [-0.2, -0.15) is 0 Å². The number of ether oxygens (including phenoxy) is 1. The third kappa shape index (κ3) is 1.46. The van der Waals surface area contributed by atoms with Gasteiger partial charge in [-0.05, 0) is 0 Å². The number of benzene rings is 2. The summed E-state index contributed by atoms with van der Waals surface area (Å²) >= 11 is 4.03. The van der Waals surface area contributed by atoms with Crippen LogP contribution in [0.15, 0.2) is 42.5 Å². The van der Waals surface area contributed by atoms with Crippen molar-refractivity contribution < 1.29 is 20.7 Å². The van der Waals surface area contributed by atoms with E-state index in [1.54, 1.807) is 0 Å². The number of fused-ring (bicyclic) bond motifs is 2. The van der Waals surface area contributed by atoms with E-state index in [0.717, 1.165) is 22.4 Å². The quantitative estimate of drug-likeness (QED) is 0.546. The Morgan fingerprint density at radius 2 is 1.73 bits per heavy atom. The standard InChI is InChI=1S/C13H9O.Fe/c1-3-7-12-10(5-1)9-11-6-2-4-8-13(11)14-12;/h1-5,7-8H,9H2;. The van der Waals surface area contributed by atoms with Gasteiger partial charge in [0.15, 0.2) is 0 Å². The zero-order chi connectivity index (χ0) is 10.3. The molecule has 1 aliphatic heterocycles. The van der Waals surface area contributed by atoms with Crippen molar-refractivity contribution in [2.45, 2.75) is 6.42 Å². The van der Waals surface area contributed by atoms with Gasteiger partial charge in [0.25, 0.3) is 0 Å². The Hall–Kier alpha value is -1.24. The molecule has 2 aromatic rings. The van der Waals surface area contributed by atoms with Gasteiger partial charge >= 0.3 is 96.7 Å². The first-order valence-corrected chi connectivity index (χ1v) is 5.42. The molecule has 3 rings (SSSR count). The van der Waals surface area contributed by atoms with Gasteiger partial charge in [0, 0.05) is 0 Å². The molecular formula is C13H9FeO. The van der Waals surface area contributed by atoms with Crippen molar-refractivity contribution in [2.24, 2.45) is 0 Å². The fourth-order valence-electron chi connectivity index (χ4n) is 1.86. The van der Waals surface area contributed by atoms with Gasteiger partial charge in [-0.25, -0.2) is 0 Å². The second kappa shape index (κ2) is 3.41. The minimum atomic E-state index is 0.922. The molecule has 0 spiro atoms. The Morgan fingerprint density at radius 3 is 2.67 bits per heavy atom. The summed E-state index contributed by atoms with van der Waals surface area (Å²) in [5, 5.41) is 0. The molecule has 2 aromatic carbocycles. The third-order valence-electron chi connectivity index (χ3n) is 2.62. The van der Waals surface area contributed by atoms with Gasteiger partial charge in [-0.3, -0.25) is 0 Å². The fourth-order valence-corrected chi connectivity index (χ4v) is 2.20. The van der Waals surface area contributed by atoms with Crippen molar-refractivity contribution in [3.8, 4) is 11.5 Å². The van der Waals surface area contributed by atoms with E-state index in [1.807, 2.05) is 36.4 Å². The fraction of sp³-hybridized carbons (Fsp3) is 0.0769. The summed E-state index contributed by atoms with van der Waals surface area (Å²) in [7, 11) is 0. The predicted molar refractivity (Wildman–Crippen MR) is 55.4 cm³/mol. The maximum atomic E-state index is 5.82. The summed E-state index contributed by atoms with van der Waals surface area (Å²) in [6, 6.07) is 14.2. The molecule has 1 nitrogen and oxygen atoms in total. The van der Waals surface area contributed by atoms with E-state index in [2.05, 4.69) is 22.1 Å². The molecule has 1 heterocycles. The molecular weight excluding hydrogens is 228 g/mol. The zero-order valence-electron chi connectivity index (χ0n) is 8.01. The van der Waals surface area contributed by atoms with Crippen LogP contribution in [0.25, 0.3) is 0 Å². The Kier molecular flexibility index (Phi) is 2.05. The molecule has 0 aliphatic carbocycles.